The van der Waals surface area contributed by atoms with Gasteiger partial charge in [-0.15, -0.1) is 0 Å². The Labute approximate surface area is 162 Å². The maximum absolute atomic E-state index is 8.89. The third kappa shape index (κ3) is 7.51. The summed E-state index contributed by atoms with van der Waals surface area (Å²) in [6, 6.07) is 5.75. The van der Waals surface area contributed by atoms with Gasteiger partial charge in [0.2, 0.25) is 0 Å². The highest BCUT2D eigenvalue weighted by Gasteiger charge is 2.07. The molecule has 0 amide bonds. The van der Waals surface area contributed by atoms with E-state index in [1.165, 1.54) is 25.7 Å². The molecule has 1 aromatic rings. The molecule has 0 aromatic heterocycles. The van der Waals surface area contributed by atoms with Crippen LogP contribution in [0.2, 0.25) is 0 Å². The molecule has 150 valence electrons. The van der Waals surface area contributed by atoms with Crippen LogP contribution in [0.3, 0.4) is 0 Å². The quantitative estimate of drug-likeness (QED) is 0.333. The van der Waals surface area contributed by atoms with Gasteiger partial charge in [0.05, 0.1) is 20.3 Å². The van der Waals surface area contributed by atoms with Crippen molar-refractivity contribution in [1.29, 1.82) is 0 Å². The van der Waals surface area contributed by atoms with E-state index in [0.29, 0.717) is 18.0 Å². The number of methoxy groups -OCH3 is 1. The van der Waals surface area contributed by atoms with Crippen LogP contribution >= 0.6 is 0 Å². The third-order valence-corrected chi connectivity index (χ3v) is 4.46. The Hall–Kier alpha value is -2.21. The molecule has 6 nitrogen and oxygen atoms in total. The van der Waals surface area contributed by atoms with Crippen molar-refractivity contribution in [3.8, 4) is 11.5 Å². The van der Waals surface area contributed by atoms with E-state index in [2.05, 4.69) is 28.6 Å². The van der Waals surface area contributed by atoms with Gasteiger partial charge in [-0.3, -0.25) is 0 Å². The topological polar surface area (TPSA) is 75.1 Å². The number of rotatable bonds is 10. The van der Waals surface area contributed by atoms with Gasteiger partial charge in [-0.2, -0.15) is 0 Å². The molecule has 0 unspecified atom stereocenters. The number of aliphatic hydroxyl groups excluding tert-OH is 1. The first kappa shape index (κ1) is 21.1. The van der Waals surface area contributed by atoms with Crippen molar-refractivity contribution in [2.45, 2.75) is 45.6 Å². The van der Waals surface area contributed by atoms with Crippen LogP contribution in [0.4, 0.5) is 0 Å². The maximum Gasteiger partial charge on any atom is 0.191 e. The molecular weight excluding hydrogens is 342 g/mol. The summed E-state index contributed by atoms with van der Waals surface area (Å²) in [5.41, 5.74) is 2.60. The molecule has 0 atom stereocenters. The molecule has 1 aromatic carbocycles. The number of aliphatic imine (C=N–C) groups is 1. The molecule has 2 rings (SSSR count). The number of hydrogen-bond acceptors (Lipinski definition) is 4. The Morgan fingerprint density at radius 3 is 2.81 bits per heavy atom. The summed E-state index contributed by atoms with van der Waals surface area (Å²) in [6.07, 6.45) is 8.58. The molecule has 1 aliphatic rings. The van der Waals surface area contributed by atoms with Gasteiger partial charge in [-0.25, -0.2) is 4.99 Å². The molecule has 0 radical (unpaired) electrons. The highest BCUT2D eigenvalue weighted by Crippen LogP contribution is 2.28. The highest BCUT2D eigenvalue weighted by molar-refractivity contribution is 5.79. The lowest BCUT2D eigenvalue weighted by Gasteiger charge is -2.15. The van der Waals surface area contributed by atoms with Crippen molar-refractivity contribution >= 4 is 5.96 Å². The zero-order valence-corrected chi connectivity index (χ0v) is 16.6. The highest BCUT2D eigenvalue weighted by atomic mass is 16.5. The van der Waals surface area contributed by atoms with Gasteiger partial charge in [0.25, 0.3) is 0 Å². The molecule has 0 heterocycles. The smallest absolute Gasteiger partial charge is 0.191 e. The van der Waals surface area contributed by atoms with E-state index >= 15 is 0 Å². The summed E-state index contributed by atoms with van der Waals surface area (Å²) in [6.45, 7) is 4.56. The van der Waals surface area contributed by atoms with Crippen molar-refractivity contribution in [1.82, 2.24) is 10.6 Å². The van der Waals surface area contributed by atoms with Crippen molar-refractivity contribution < 1.29 is 14.6 Å². The first-order valence-electron chi connectivity index (χ1n) is 9.87. The lowest BCUT2D eigenvalue weighted by Crippen LogP contribution is -2.37. The van der Waals surface area contributed by atoms with Gasteiger partial charge in [0.15, 0.2) is 17.5 Å². The Bertz CT molecular complexity index is 629. The van der Waals surface area contributed by atoms with Crippen LogP contribution in [0.25, 0.3) is 0 Å². The van der Waals surface area contributed by atoms with Crippen LogP contribution in [-0.2, 0) is 6.54 Å². The molecule has 0 fully saturated rings. The second-order valence-corrected chi connectivity index (χ2v) is 6.54. The molecule has 0 spiro atoms. The predicted octanol–water partition coefficient (Wildman–Crippen LogP) is 3.01. The van der Waals surface area contributed by atoms with E-state index in [0.717, 1.165) is 31.0 Å². The largest absolute Gasteiger partial charge is 0.493 e. The van der Waals surface area contributed by atoms with E-state index < -0.39 is 0 Å². The van der Waals surface area contributed by atoms with E-state index in [-0.39, 0.29) is 13.2 Å². The third-order valence-electron chi connectivity index (χ3n) is 4.46. The molecule has 0 aliphatic heterocycles. The van der Waals surface area contributed by atoms with E-state index in [1.807, 2.05) is 18.2 Å². The van der Waals surface area contributed by atoms with E-state index in [1.54, 1.807) is 12.7 Å². The van der Waals surface area contributed by atoms with Gasteiger partial charge in [-0.1, -0.05) is 17.7 Å². The van der Waals surface area contributed by atoms with E-state index in [9.17, 15) is 0 Å². The number of nitrogens with zero attached hydrogens (tertiary/aromatic N) is 1. The number of nitrogens with one attached hydrogen (secondary N) is 2. The number of guanidine groups is 1. The lowest BCUT2D eigenvalue weighted by atomic mass is 9.97. The molecule has 6 heteroatoms. The van der Waals surface area contributed by atoms with Crippen LogP contribution in [0, 0.1) is 0 Å². The van der Waals surface area contributed by atoms with Crippen molar-refractivity contribution in [2.75, 3.05) is 33.4 Å². The van der Waals surface area contributed by atoms with Crippen molar-refractivity contribution in [3.05, 3.63) is 35.4 Å². The zero-order valence-electron chi connectivity index (χ0n) is 16.6. The molecule has 0 bridgehead atoms. The fourth-order valence-corrected chi connectivity index (χ4v) is 3.07. The second-order valence-electron chi connectivity index (χ2n) is 6.54. The zero-order chi connectivity index (χ0) is 19.3. The summed E-state index contributed by atoms with van der Waals surface area (Å²) >= 11 is 0. The average Bonchev–Trinajstić information content (AvgIpc) is 2.71. The average molecular weight is 376 g/mol. The number of ether oxygens (including phenoxy) is 2. The van der Waals surface area contributed by atoms with Crippen LogP contribution in [0.5, 0.6) is 11.5 Å². The minimum atomic E-state index is -0.0240. The van der Waals surface area contributed by atoms with Gasteiger partial charge in [-0.05, 0) is 56.7 Å². The first-order valence-corrected chi connectivity index (χ1v) is 9.87. The number of benzene rings is 1. The van der Waals surface area contributed by atoms with Crippen molar-refractivity contribution in [2.24, 2.45) is 4.99 Å². The second kappa shape index (κ2) is 12.2. The normalized spacial score (nSPS) is 14.5. The summed E-state index contributed by atoms with van der Waals surface area (Å²) in [7, 11) is 1.61. The first-order chi connectivity index (χ1) is 13.3. The standard InChI is InChI=1S/C21H33N3O3/c1-3-22-21(23-12-11-17-7-5-4-6-8-17)24-16-18-9-10-19(27-14-13-25)20(15-18)26-2/h7,9-10,15,25H,3-6,8,11-14,16H2,1-2H3,(H2,22,23,24). The Morgan fingerprint density at radius 1 is 1.22 bits per heavy atom. The van der Waals surface area contributed by atoms with Gasteiger partial charge >= 0.3 is 0 Å². The summed E-state index contributed by atoms with van der Waals surface area (Å²) in [5, 5.41) is 15.6. The monoisotopic (exact) mass is 375 g/mol. The van der Waals surface area contributed by atoms with Crippen LogP contribution in [0.1, 0.15) is 44.6 Å². The predicted molar refractivity (Wildman–Crippen MR) is 110 cm³/mol. The molecule has 1 aliphatic carbocycles. The Morgan fingerprint density at radius 2 is 2.11 bits per heavy atom. The molecule has 0 saturated heterocycles. The van der Waals surface area contributed by atoms with Crippen molar-refractivity contribution in [3.63, 3.8) is 0 Å². The number of allylic oxidation sites excluding steroid dienone is 1. The summed E-state index contributed by atoms with van der Waals surface area (Å²) in [4.78, 5) is 4.67. The fraction of sp³-hybridized carbons (Fsp3) is 0.571. The maximum atomic E-state index is 8.89. The van der Waals surface area contributed by atoms with Gasteiger partial charge < -0.3 is 25.2 Å². The van der Waals surface area contributed by atoms with Gasteiger partial charge in [0.1, 0.15) is 6.61 Å². The summed E-state index contributed by atoms with van der Waals surface area (Å²) < 4.78 is 10.8. The minimum Gasteiger partial charge on any atom is -0.493 e. The minimum absolute atomic E-state index is 0.0240. The SMILES string of the molecule is CCNC(=NCc1ccc(OCCO)c(OC)c1)NCCC1=CCCCC1. The van der Waals surface area contributed by atoms with Gasteiger partial charge in [0, 0.05) is 13.1 Å². The molecule has 3 N–H and O–H groups in total. The number of hydrogen-bond donors (Lipinski definition) is 3. The number of aliphatic hydroxyl groups is 1. The Balaban J connectivity index is 1.91. The lowest BCUT2D eigenvalue weighted by molar-refractivity contribution is 0.196. The van der Waals surface area contributed by atoms with Crippen LogP contribution in [0.15, 0.2) is 34.8 Å². The fourth-order valence-electron chi connectivity index (χ4n) is 3.07. The van der Waals surface area contributed by atoms with E-state index in [4.69, 9.17) is 14.6 Å². The summed E-state index contributed by atoms with van der Waals surface area (Å²) in [5.74, 6) is 2.11. The molecule has 0 saturated carbocycles. The molecular formula is C21H33N3O3. The Kier molecular flexibility index (Phi) is 9.55. The molecule has 27 heavy (non-hydrogen) atoms. The van der Waals surface area contributed by atoms with Crippen LogP contribution in [-0.4, -0.2) is 44.5 Å². The van der Waals surface area contributed by atoms with Crippen LogP contribution < -0.4 is 20.1 Å².